The van der Waals surface area contributed by atoms with E-state index < -0.39 is 25.0 Å². The first-order valence-corrected chi connectivity index (χ1v) is 1.36. The van der Waals surface area contributed by atoms with Crippen molar-refractivity contribution in [2.45, 2.75) is 13.2 Å². The summed E-state index contributed by atoms with van der Waals surface area (Å²) >= 11 is 0. The van der Waals surface area contributed by atoms with Crippen LogP contribution in [-0.2, 0) is 9.59 Å². The van der Waals surface area contributed by atoms with E-state index >= 15 is 0 Å². The second kappa shape index (κ2) is 5.28. The first-order valence-electron chi connectivity index (χ1n) is 3.86. The molecule has 40 valence electrons. The molecule has 8 heavy (non-hydrogen) atoms. The van der Waals surface area contributed by atoms with Gasteiger partial charge >= 0.3 is 29.6 Å². The number of Topliss-reactive ketones (excluding diaryl/α,β-unsaturated/α-hetero) is 1. The van der Waals surface area contributed by atoms with Gasteiger partial charge in [0, 0.05) is 13.2 Å². The molecule has 0 aliphatic rings. The van der Waals surface area contributed by atoms with Crippen molar-refractivity contribution < 1.29 is 51.1 Å². The Hall–Kier alpha value is 0.140. The first kappa shape index (κ1) is 3.34. The largest absolute Gasteiger partial charge is 1.00 e. The fraction of sp³-hybridized carbons (Fsp3) is 0.500. The van der Waals surface area contributed by atoms with Gasteiger partial charge in [-0.2, -0.15) is 0 Å². The second-order valence-electron chi connectivity index (χ2n) is 0.742. The van der Waals surface area contributed by atoms with Crippen LogP contribution in [0.15, 0.2) is 0 Å². The monoisotopic (exact) mass is 129 g/mol. The molecule has 0 aromatic rings. The summed E-state index contributed by atoms with van der Waals surface area (Å²) in [5, 5.41) is 9.84. The Balaban J connectivity index is 0. The molecule has 0 saturated heterocycles. The van der Waals surface area contributed by atoms with Gasteiger partial charge in [0.25, 0.3) is 0 Å². The predicted octanol–water partition coefficient (Wildman–Crippen LogP) is -4.28. The summed E-state index contributed by atoms with van der Waals surface area (Å²) < 4.78 is 32.8. The maximum absolute atomic E-state index is 10.4. The summed E-state index contributed by atoms with van der Waals surface area (Å²) in [7, 11) is 0. The van der Waals surface area contributed by atoms with Gasteiger partial charge in [0.2, 0.25) is 0 Å². The molecule has 4 heteroatoms. The molecule has 0 aromatic carbocycles. The molecule has 0 bridgehead atoms. The number of ketones is 1. The van der Waals surface area contributed by atoms with Crippen LogP contribution in [0.3, 0.4) is 0 Å². The maximum atomic E-state index is 10.4. The number of hydrogen-bond acceptors (Lipinski definition) is 3. The van der Waals surface area contributed by atoms with Crippen LogP contribution in [0.25, 0.3) is 0 Å². The van der Waals surface area contributed by atoms with E-state index in [1.165, 1.54) is 0 Å². The zero-order chi connectivity index (χ0) is 10.2. The third kappa shape index (κ3) is 4.30. The van der Waals surface area contributed by atoms with Crippen molar-refractivity contribution in [3.63, 3.8) is 0 Å². The van der Waals surface area contributed by atoms with Crippen molar-refractivity contribution in [2.75, 3.05) is 0 Å². The quantitative estimate of drug-likeness (QED) is 0.280. The maximum Gasteiger partial charge on any atom is 1.00 e. The van der Waals surface area contributed by atoms with Gasteiger partial charge in [-0.15, -0.1) is 0 Å². The summed E-state index contributed by atoms with van der Waals surface area (Å²) in [4.78, 5) is 20.3. The molecule has 0 atom stereocenters. The standard InChI is InChI=1S/C4H6O3.Na/c1-2-3(5)4(6)7;/h2H2,1H3,(H,6,7);/q;+1/p-1/i1D3,2D2;. The molecule has 0 rings (SSSR count). The number of carboxylic acids is 1. The smallest absolute Gasteiger partial charge is 0.542 e. The van der Waals surface area contributed by atoms with E-state index in [1.807, 2.05) is 0 Å². The van der Waals surface area contributed by atoms with E-state index in [0.29, 0.717) is 0 Å². The number of hydrogen-bond donors (Lipinski definition) is 0. The third-order valence-electron chi connectivity index (χ3n) is 0.299. The summed E-state index contributed by atoms with van der Waals surface area (Å²) in [6.45, 7) is -3.29. The Kier molecular flexibility index (Phi) is 2.21. The molecule has 0 aliphatic heterocycles. The molecule has 0 unspecified atom stereocenters. The van der Waals surface area contributed by atoms with Gasteiger partial charge in [-0.3, -0.25) is 4.79 Å². The van der Waals surface area contributed by atoms with Gasteiger partial charge in [-0.1, -0.05) is 6.85 Å². The van der Waals surface area contributed by atoms with Crippen molar-refractivity contribution in [3.8, 4) is 0 Å². The molecule has 0 heterocycles. The summed E-state index contributed by atoms with van der Waals surface area (Å²) in [6, 6.07) is 0. The van der Waals surface area contributed by atoms with Crippen LogP contribution >= 0.6 is 0 Å². The Labute approximate surface area is 76.4 Å². The fourth-order valence-corrected chi connectivity index (χ4v) is 0.0510. The van der Waals surface area contributed by atoms with E-state index in [2.05, 4.69) is 0 Å². The molecular weight excluding hydrogens is 119 g/mol. The van der Waals surface area contributed by atoms with E-state index in [-0.39, 0.29) is 29.6 Å². The van der Waals surface area contributed by atoms with Gasteiger partial charge in [0.05, 0.1) is 0 Å². The van der Waals surface area contributed by atoms with Crippen LogP contribution in [0.5, 0.6) is 0 Å². The third-order valence-corrected chi connectivity index (χ3v) is 0.299. The minimum Gasteiger partial charge on any atom is -0.542 e. The van der Waals surface area contributed by atoms with Crippen molar-refractivity contribution in [1.82, 2.24) is 0 Å². The molecule has 0 N–H and O–H groups in total. The van der Waals surface area contributed by atoms with Crippen LogP contribution in [-0.4, -0.2) is 11.8 Å². The predicted molar refractivity (Wildman–Crippen MR) is 20.3 cm³/mol. The van der Waals surface area contributed by atoms with Gasteiger partial charge in [0.1, 0.15) is 5.97 Å². The van der Waals surface area contributed by atoms with Crippen LogP contribution in [0.1, 0.15) is 20.1 Å². The zero-order valence-corrected chi connectivity index (χ0v) is 6.22. The van der Waals surface area contributed by atoms with Gasteiger partial charge in [-0.05, 0) is 0 Å². The summed E-state index contributed by atoms with van der Waals surface area (Å²) in [5.41, 5.74) is 0. The van der Waals surface area contributed by atoms with Crippen LogP contribution < -0.4 is 34.7 Å². The number of rotatable bonds is 2. The molecule has 3 nitrogen and oxygen atoms in total. The van der Waals surface area contributed by atoms with Crippen molar-refractivity contribution >= 4 is 11.8 Å². The van der Waals surface area contributed by atoms with Gasteiger partial charge in [0.15, 0.2) is 5.78 Å². The Morgan fingerprint density at radius 2 is 2.38 bits per heavy atom. The Morgan fingerprint density at radius 3 is 2.50 bits per heavy atom. The molecule has 0 fully saturated rings. The first-order chi connectivity index (χ1) is 5.10. The van der Waals surface area contributed by atoms with E-state index in [9.17, 15) is 14.7 Å². The zero-order valence-electron chi connectivity index (χ0n) is 9.22. The minimum atomic E-state index is -3.38. The fourth-order valence-electron chi connectivity index (χ4n) is 0.0510. The van der Waals surface area contributed by atoms with Crippen LogP contribution in [0.4, 0.5) is 0 Å². The second-order valence-corrected chi connectivity index (χ2v) is 0.742. The van der Waals surface area contributed by atoms with Crippen LogP contribution in [0.2, 0.25) is 0 Å². The molecule has 0 spiro atoms. The summed E-state index contributed by atoms with van der Waals surface area (Å²) in [5.74, 6) is -4.40. The summed E-state index contributed by atoms with van der Waals surface area (Å²) in [6.07, 6.45) is -3.38. The number of aliphatic carboxylic acids is 1. The van der Waals surface area contributed by atoms with Crippen molar-refractivity contribution in [3.05, 3.63) is 0 Å². The number of carbonyl (C=O) groups is 2. The SMILES string of the molecule is [2H]C([2H])([2H])C([2H])([2H])C(=O)C(=O)[O-].[Na+]. The molecular formula is C4H5NaO3. The molecule has 0 aliphatic carbocycles. The van der Waals surface area contributed by atoms with E-state index in [4.69, 9.17) is 6.85 Å². The number of carboxylic acid groups (broad SMARTS) is 1. The van der Waals surface area contributed by atoms with Crippen molar-refractivity contribution in [2.24, 2.45) is 0 Å². The average molecular weight is 129 g/mol. The molecule has 0 amide bonds. The van der Waals surface area contributed by atoms with Crippen molar-refractivity contribution in [1.29, 1.82) is 0 Å². The number of carbonyl (C=O) groups excluding carboxylic acids is 2. The molecule has 0 aromatic heterocycles. The molecule has 0 saturated carbocycles. The normalized spacial score (nSPS) is 19.8. The Morgan fingerprint density at radius 1 is 1.88 bits per heavy atom. The van der Waals surface area contributed by atoms with Crippen LogP contribution in [0, 0.1) is 0 Å². The molecule has 0 radical (unpaired) electrons. The van der Waals surface area contributed by atoms with Gasteiger partial charge < -0.3 is 9.90 Å². The Bertz CT molecular complexity index is 222. The topological polar surface area (TPSA) is 57.2 Å². The van der Waals surface area contributed by atoms with E-state index in [0.717, 1.165) is 0 Å². The van der Waals surface area contributed by atoms with Gasteiger partial charge in [-0.25, -0.2) is 0 Å². The van der Waals surface area contributed by atoms with E-state index in [1.54, 1.807) is 0 Å². The minimum absolute atomic E-state index is 0. The average Bonchev–Trinajstić information content (AvgIpc) is 1.83.